The summed E-state index contributed by atoms with van der Waals surface area (Å²) in [5, 5.41) is 0. The first-order chi connectivity index (χ1) is 10.6. The lowest BCUT2D eigenvalue weighted by Gasteiger charge is -2.47. The lowest BCUT2D eigenvalue weighted by Crippen LogP contribution is -2.48. The van der Waals surface area contributed by atoms with Crippen LogP contribution in [0.15, 0.2) is 11.6 Å². The molecule has 5 atom stereocenters. The highest BCUT2D eigenvalue weighted by Gasteiger charge is 2.76. The number of carbonyl (C=O) groups excluding carboxylic acids is 2. The molecule has 22 heavy (non-hydrogen) atoms. The van der Waals surface area contributed by atoms with Gasteiger partial charge in [-0.2, -0.15) is 0 Å². The minimum atomic E-state index is -0.153. The molecule has 0 bridgehead atoms. The lowest BCUT2D eigenvalue weighted by molar-refractivity contribution is -0.128. The van der Waals surface area contributed by atoms with Crippen molar-refractivity contribution in [3.63, 3.8) is 0 Å². The van der Waals surface area contributed by atoms with Gasteiger partial charge in [-0.25, -0.2) is 0 Å². The number of carbonyl (C=O) groups is 2. The first-order valence-corrected chi connectivity index (χ1v) is 9.03. The van der Waals surface area contributed by atoms with Crippen LogP contribution in [0.25, 0.3) is 0 Å². The van der Waals surface area contributed by atoms with Crippen LogP contribution in [0.4, 0.5) is 0 Å². The maximum Gasteiger partial charge on any atom is 0.139 e. The molecular formula is C19H24O3. The molecule has 0 radical (unpaired) electrons. The minimum Gasteiger partial charge on any atom is -0.357 e. The number of epoxide rings is 1. The Balaban J connectivity index is 1.57. The molecule has 118 valence electrons. The van der Waals surface area contributed by atoms with Crippen molar-refractivity contribution in [3.05, 3.63) is 11.6 Å². The Hall–Kier alpha value is -0.960. The van der Waals surface area contributed by atoms with Crippen molar-refractivity contribution < 1.29 is 14.3 Å². The molecule has 1 heterocycles. The van der Waals surface area contributed by atoms with Crippen molar-refractivity contribution in [2.24, 2.45) is 17.3 Å². The minimum absolute atomic E-state index is 0.0792. The summed E-state index contributed by atoms with van der Waals surface area (Å²) >= 11 is 0. The van der Waals surface area contributed by atoms with Crippen LogP contribution in [0.2, 0.25) is 0 Å². The molecule has 3 nitrogen and oxygen atoms in total. The van der Waals surface area contributed by atoms with Gasteiger partial charge in [0.15, 0.2) is 0 Å². The molecule has 1 saturated heterocycles. The fourth-order valence-electron chi connectivity index (χ4n) is 6.64. The van der Waals surface area contributed by atoms with Crippen LogP contribution in [0, 0.1) is 17.3 Å². The topological polar surface area (TPSA) is 46.7 Å². The Labute approximate surface area is 131 Å². The van der Waals surface area contributed by atoms with Crippen molar-refractivity contribution in [3.8, 4) is 0 Å². The second kappa shape index (κ2) is 3.92. The summed E-state index contributed by atoms with van der Waals surface area (Å²) < 4.78 is 6.32. The number of allylic oxidation sites excluding steroid dienone is 1. The number of Topliss-reactive ketones (excluding diaryl/α,β-unsaturated/α-hetero) is 2. The van der Waals surface area contributed by atoms with Gasteiger partial charge < -0.3 is 4.74 Å². The van der Waals surface area contributed by atoms with Gasteiger partial charge >= 0.3 is 0 Å². The van der Waals surface area contributed by atoms with E-state index in [0.29, 0.717) is 36.2 Å². The van der Waals surface area contributed by atoms with Crippen molar-refractivity contribution in [1.29, 1.82) is 0 Å². The Morgan fingerprint density at radius 3 is 2.91 bits per heavy atom. The Bertz CT molecular complexity index is 620. The normalized spacial score (nSPS) is 52.3. The van der Waals surface area contributed by atoms with Crippen LogP contribution < -0.4 is 0 Å². The molecule has 4 fully saturated rings. The molecule has 4 aliphatic carbocycles. The fraction of sp³-hybridized carbons (Fsp3) is 0.789. The predicted molar refractivity (Wildman–Crippen MR) is 81.3 cm³/mol. The maximum absolute atomic E-state index is 12.5. The smallest absolute Gasteiger partial charge is 0.139 e. The Morgan fingerprint density at radius 2 is 2.09 bits per heavy atom. The zero-order valence-corrected chi connectivity index (χ0v) is 13.3. The summed E-state index contributed by atoms with van der Waals surface area (Å²) in [7, 11) is 0. The van der Waals surface area contributed by atoms with E-state index in [0.717, 1.165) is 44.9 Å². The van der Waals surface area contributed by atoms with Crippen molar-refractivity contribution in [1.82, 2.24) is 0 Å². The van der Waals surface area contributed by atoms with Crippen LogP contribution in [-0.2, 0) is 14.3 Å². The highest BCUT2D eigenvalue weighted by molar-refractivity contribution is 5.88. The molecule has 0 N–H and O–H groups in total. The zero-order valence-electron chi connectivity index (χ0n) is 13.3. The van der Waals surface area contributed by atoms with Gasteiger partial charge in [-0.15, -0.1) is 0 Å². The van der Waals surface area contributed by atoms with Crippen LogP contribution in [-0.4, -0.2) is 22.8 Å². The second-order valence-electron chi connectivity index (χ2n) is 8.23. The molecule has 0 spiro atoms. The molecule has 1 aliphatic heterocycles. The van der Waals surface area contributed by atoms with Gasteiger partial charge in [0.1, 0.15) is 22.8 Å². The summed E-state index contributed by atoms with van der Waals surface area (Å²) in [4.78, 5) is 24.4. The van der Waals surface area contributed by atoms with Gasteiger partial charge in [-0.05, 0) is 55.9 Å². The monoisotopic (exact) mass is 300 g/mol. The molecule has 0 aromatic carbocycles. The van der Waals surface area contributed by atoms with Gasteiger partial charge in [0.2, 0.25) is 0 Å². The van der Waals surface area contributed by atoms with Gasteiger partial charge in [0.25, 0.3) is 0 Å². The number of hydrogen-bond acceptors (Lipinski definition) is 3. The third-order valence-corrected chi connectivity index (χ3v) is 7.78. The van der Waals surface area contributed by atoms with Gasteiger partial charge in [0.05, 0.1) is 0 Å². The average Bonchev–Trinajstić information content (AvgIpc) is 3.10. The van der Waals surface area contributed by atoms with Crippen molar-refractivity contribution in [2.75, 3.05) is 0 Å². The van der Waals surface area contributed by atoms with E-state index >= 15 is 0 Å². The largest absolute Gasteiger partial charge is 0.357 e. The fourth-order valence-corrected chi connectivity index (χ4v) is 6.64. The number of rotatable bonds is 1. The highest BCUT2D eigenvalue weighted by atomic mass is 16.6. The Kier molecular flexibility index (Phi) is 2.40. The molecular weight excluding hydrogens is 276 g/mol. The Morgan fingerprint density at radius 1 is 1.23 bits per heavy atom. The van der Waals surface area contributed by atoms with Crippen molar-refractivity contribution >= 4 is 11.6 Å². The molecule has 0 aromatic rings. The molecule has 5 aliphatic rings. The first kappa shape index (κ1) is 13.5. The maximum atomic E-state index is 12.5. The summed E-state index contributed by atoms with van der Waals surface area (Å²) in [6, 6.07) is 0. The molecule has 3 saturated carbocycles. The van der Waals surface area contributed by atoms with Gasteiger partial charge in [-0.1, -0.05) is 13.0 Å². The van der Waals surface area contributed by atoms with Crippen LogP contribution in [0.1, 0.15) is 64.7 Å². The molecule has 3 heteroatoms. The van der Waals surface area contributed by atoms with E-state index in [-0.39, 0.29) is 16.6 Å². The van der Waals surface area contributed by atoms with Gasteiger partial charge in [0, 0.05) is 24.7 Å². The van der Waals surface area contributed by atoms with E-state index in [1.807, 2.05) is 0 Å². The zero-order chi connectivity index (χ0) is 15.2. The SMILES string of the molecule is CC[C@]12CC=C3[C@@H](CC[C@@]45CC(=O)CC[C@@]34O5)[C@@H]1CCC2=O. The van der Waals surface area contributed by atoms with E-state index in [2.05, 4.69) is 13.0 Å². The third-order valence-electron chi connectivity index (χ3n) is 7.78. The predicted octanol–water partition coefficient (Wildman–Crippen LogP) is 3.36. The molecule has 0 aromatic heterocycles. The van der Waals surface area contributed by atoms with E-state index in [9.17, 15) is 9.59 Å². The second-order valence-corrected chi connectivity index (χ2v) is 8.23. The third kappa shape index (κ3) is 1.30. The molecule has 0 amide bonds. The summed E-state index contributed by atoms with van der Waals surface area (Å²) in [5.74, 6) is 1.94. The quantitative estimate of drug-likeness (QED) is 0.551. The van der Waals surface area contributed by atoms with E-state index in [1.165, 1.54) is 5.57 Å². The van der Waals surface area contributed by atoms with E-state index < -0.39 is 0 Å². The molecule has 5 rings (SSSR count). The van der Waals surface area contributed by atoms with E-state index in [1.54, 1.807) is 0 Å². The van der Waals surface area contributed by atoms with E-state index in [4.69, 9.17) is 4.74 Å². The number of hydrogen-bond donors (Lipinski definition) is 0. The van der Waals surface area contributed by atoms with Crippen molar-refractivity contribution in [2.45, 2.75) is 75.9 Å². The first-order valence-electron chi connectivity index (χ1n) is 9.03. The number of ether oxygens (including phenoxy) is 1. The lowest BCUT2D eigenvalue weighted by atomic mass is 9.54. The highest BCUT2D eigenvalue weighted by Crippen LogP contribution is 2.71. The number of ketones is 2. The summed E-state index contributed by atoms with van der Waals surface area (Å²) in [5.41, 5.74) is 1.13. The average molecular weight is 300 g/mol. The van der Waals surface area contributed by atoms with Crippen LogP contribution in [0.3, 0.4) is 0 Å². The number of fused-ring (bicyclic) bond motifs is 3. The van der Waals surface area contributed by atoms with Gasteiger partial charge in [-0.3, -0.25) is 9.59 Å². The van der Waals surface area contributed by atoms with Crippen LogP contribution >= 0.6 is 0 Å². The summed E-state index contributed by atoms with van der Waals surface area (Å²) in [6.45, 7) is 2.19. The van der Waals surface area contributed by atoms with Crippen LogP contribution in [0.5, 0.6) is 0 Å². The summed E-state index contributed by atoms with van der Waals surface area (Å²) in [6.07, 6.45) is 10.4. The molecule has 0 unspecified atom stereocenters. The standard InChI is InChI=1S/C19H24O3/c1-2-17-8-7-15-13(14(17)3-4-16(17)21)6-9-18-11-12(20)5-10-19(15,18)22-18/h7,13-14H,2-6,8-11H2,1H3/t13-,14-,17-,18+,19+/m0/s1.